The number of carbonyl (C=O) groups excluding carboxylic acids is 1. The standard InChI is InChI=1S/C25H30ClN5O/c1-5-19(26)8-7-17(3)24-25(21-9-12-27-15-18(21)4)30-22(16-28-24)31-13-10-20(11-14-31)29-23(32)6-2/h5,7-9,12,15-16,20H,1,6,10-11,13-14H2,2-4H3,(H,29,32)/b17-7+,19-8+. The number of carbonyl (C=O) groups is 1. The Morgan fingerprint density at radius 3 is 2.72 bits per heavy atom. The van der Waals surface area contributed by atoms with E-state index in [9.17, 15) is 4.79 Å². The summed E-state index contributed by atoms with van der Waals surface area (Å²) in [6.07, 6.45) is 13.1. The van der Waals surface area contributed by atoms with Crippen LogP contribution in [0.1, 0.15) is 44.4 Å². The summed E-state index contributed by atoms with van der Waals surface area (Å²) >= 11 is 6.08. The number of amides is 1. The SMILES string of the molecule is C=C/C(Cl)=C\C=C(/C)c1ncc(N2CCC(NC(=O)CC)CC2)nc1-c1ccncc1C. The molecule has 0 unspecified atom stereocenters. The van der Waals surface area contributed by atoms with Crippen LogP contribution in [-0.4, -0.2) is 40.0 Å². The van der Waals surface area contributed by atoms with Gasteiger partial charge in [0.2, 0.25) is 5.91 Å². The van der Waals surface area contributed by atoms with E-state index in [2.05, 4.69) is 21.8 Å². The van der Waals surface area contributed by atoms with Gasteiger partial charge < -0.3 is 10.2 Å². The van der Waals surface area contributed by atoms with Gasteiger partial charge in [0, 0.05) is 48.5 Å². The van der Waals surface area contributed by atoms with Crippen molar-refractivity contribution in [2.45, 2.75) is 46.1 Å². The van der Waals surface area contributed by atoms with E-state index in [1.54, 1.807) is 18.3 Å². The lowest BCUT2D eigenvalue weighted by Gasteiger charge is -2.33. The number of allylic oxidation sites excluding steroid dienone is 5. The van der Waals surface area contributed by atoms with E-state index in [4.69, 9.17) is 21.6 Å². The van der Waals surface area contributed by atoms with Crippen molar-refractivity contribution in [3.8, 4) is 11.3 Å². The molecule has 32 heavy (non-hydrogen) atoms. The van der Waals surface area contributed by atoms with Crippen molar-refractivity contribution in [1.29, 1.82) is 0 Å². The molecule has 3 heterocycles. The Hall–Kier alpha value is -2.99. The van der Waals surface area contributed by atoms with Crippen molar-refractivity contribution in [2.75, 3.05) is 18.0 Å². The summed E-state index contributed by atoms with van der Waals surface area (Å²) in [6.45, 7) is 11.2. The molecule has 0 spiro atoms. The fourth-order valence-corrected chi connectivity index (χ4v) is 3.74. The Morgan fingerprint density at radius 2 is 2.06 bits per heavy atom. The Morgan fingerprint density at radius 1 is 1.31 bits per heavy atom. The van der Waals surface area contributed by atoms with Gasteiger partial charge in [0.05, 0.1) is 17.6 Å². The van der Waals surface area contributed by atoms with Crippen molar-refractivity contribution in [3.63, 3.8) is 0 Å². The second kappa shape index (κ2) is 11.0. The van der Waals surface area contributed by atoms with E-state index < -0.39 is 0 Å². The van der Waals surface area contributed by atoms with Crippen molar-refractivity contribution in [1.82, 2.24) is 20.3 Å². The van der Waals surface area contributed by atoms with Crippen LogP contribution in [-0.2, 0) is 4.79 Å². The van der Waals surface area contributed by atoms with Gasteiger partial charge in [-0.1, -0.05) is 37.3 Å². The highest BCUT2D eigenvalue weighted by molar-refractivity contribution is 6.31. The molecule has 1 N–H and O–H groups in total. The maximum Gasteiger partial charge on any atom is 0.219 e. The van der Waals surface area contributed by atoms with Gasteiger partial charge in [0.15, 0.2) is 0 Å². The third-order valence-corrected chi connectivity index (χ3v) is 5.88. The normalized spacial score (nSPS) is 15.6. The van der Waals surface area contributed by atoms with Gasteiger partial charge in [-0.05, 0) is 50.0 Å². The number of rotatable bonds is 7. The predicted molar refractivity (Wildman–Crippen MR) is 131 cm³/mol. The van der Waals surface area contributed by atoms with E-state index in [0.29, 0.717) is 11.5 Å². The first-order chi connectivity index (χ1) is 15.4. The first-order valence-corrected chi connectivity index (χ1v) is 11.3. The molecule has 0 radical (unpaired) electrons. The lowest BCUT2D eigenvalue weighted by atomic mass is 10.0. The van der Waals surface area contributed by atoms with Gasteiger partial charge in [0.25, 0.3) is 0 Å². The number of piperidine rings is 1. The topological polar surface area (TPSA) is 71.0 Å². The second-order valence-electron chi connectivity index (χ2n) is 7.90. The highest BCUT2D eigenvalue weighted by Gasteiger charge is 2.23. The molecule has 2 aromatic heterocycles. The number of hydrogen-bond donors (Lipinski definition) is 1. The monoisotopic (exact) mass is 451 g/mol. The number of hydrogen-bond acceptors (Lipinski definition) is 5. The molecule has 6 nitrogen and oxygen atoms in total. The van der Waals surface area contributed by atoms with Crippen LogP contribution in [0.4, 0.5) is 5.82 Å². The van der Waals surface area contributed by atoms with Gasteiger partial charge in [-0.3, -0.25) is 14.8 Å². The van der Waals surface area contributed by atoms with Crippen LogP contribution >= 0.6 is 11.6 Å². The summed E-state index contributed by atoms with van der Waals surface area (Å²) in [4.78, 5) is 28.0. The molecule has 1 fully saturated rings. The van der Waals surface area contributed by atoms with Crippen molar-refractivity contribution in [3.05, 3.63) is 65.8 Å². The van der Waals surface area contributed by atoms with Crippen LogP contribution in [0.5, 0.6) is 0 Å². The Balaban J connectivity index is 1.92. The molecule has 1 aliphatic heterocycles. The number of pyridine rings is 1. The lowest BCUT2D eigenvalue weighted by molar-refractivity contribution is -0.121. The third kappa shape index (κ3) is 5.82. The minimum atomic E-state index is 0.107. The molecule has 0 aliphatic carbocycles. The molecular formula is C25H30ClN5O. The summed E-state index contributed by atoms with van der Waals surface area (Å²) in [7, 11) is 0. The molecule has 0 bridgehead atoms. The minimum absolute atomic E-state index is 0.107. The number of halogens is 1. The minimum Gasteiger partial charge on any atom is -0.355 e. The summed E-state index contributed by atoms with van der Waals surface area (Å²) in [5.41, 5.74) is 4.62. The second-order valence-corrected chi connectivity index (χ2v) is 8.34. The first kappa shape index (κ1) is 23.7. The molecule has 3 rings (SSSR count). The molecule has 168 valence electrons. The fraction of sp³-hybridized carbons (Fsp3) is 0.360. The summed E-state index contributed by atoms with van der Waals surface area (Å²) in [6, 6.07) is 2.19. The predicted octanol–water partition coefficient (Wildman–Crippen LogP) is 5.05. The maximum absolute atomic E-state index is 11.7. The molecule has 1 saturated heterocycles. The Labute approximate surface area is 195 Å². The molecule has 2 aromatic rings. The molecule has 7 heteroatoms. The van der Waals surface area contributed by atoms with Crippen LogP contribution in [0, 0.1) is 6.92 Å². The zero-order valence-electron chi connectivity index (χ0n) is 18.9. The van der Waals surface area contributed by atoms with E-state index in [1.807, 2.05) is 45.3 Å². The van der Waals surface area contributed by atoms with E-state index in [-0.39, 0.29) is 11.9 Å². The summed E-state index contributed by atoms with van der Waals surface area (Å²) < 4.78 is 0. The Kier molecular flexibility index (Phi) is 8.17. The van der Waals surface area contributed by atoms with Crippen LogP contribution in [0.15, 0.2) is 54.5 Å². The van der Waals surface area contributed by atoms with Crippen LogP contribution in [0.2, 0.25) is 0 Å². The van der Waals surface area contributed by atoms with Crippen molar-refractivity contribution >= 4 is 28.9 Å². The maximum atomic E-state index is 11.7. The van der Waals surface area contributed by atoms with Crippen molar-refractivity contribution in [2.24, 2.45) is 0 Å². The van der Waals surface area contributed by atoms with E-state index in [1.165, 1.54) is 0 Å². The van der Waals surface area contributed by atoms with Gasteiger partial charge >= 0.3 is 0 Å². The molecule has 0 aromatic carbocycles. The Bertz CT molecular complexity index is 1040. The zero-order chi connectivity index (χ0) is 23.1. The van der Waals surface area contributed by atoms with Crippen molar-refractivity contribution < 1.29 is 4.79 Å². The first-order valence-electron chi connectivity index (χ1n) is 10.9. The molecular weight excluding hydrogens is 422 g/mol. The molecule has 0 saturated carbocycles. The quantitative estimate of drug-likeness (QED) is 0.596. The third-order valence-electron chi connectivity index (χ3n) is 5.60. The number of nitrogens with zero attached hydrogens (tertiary/aromatic N) is 4. The highest BCUT2D eigenvalue weighted by atomic mass is 35.5. The number of anilines is 1. The van der Waals surface area contributed by atoms with Gasteiger partial charge in [-0.2, -0.15) is 0 Å². The average molecular weight is 452 g/mol. The van der Waals surface area contributed by atoms with E-state index in [0.717, 1.165) is 59.8 Å². The molecule has 1 aliphatic rings. The fourth-order valence-electron chi connectivity index (χ4n) is 3.68. The van der Waals surface area contributed by atoms with E-state index >= 15 is 0 Å². The van der Waals surface area contributed by atoms with Crippen LogP contribution < -0.4 is 10.2 Å². The molecule has 1 amide bonds. The number of aryl methyl sites for hydroxylation is 1. The number of nitrogens with one attached hydrogen (secondary N) is 1. The van der Waals surface area contributed by atoms with Crippen LogP contribution in [0.3, 0.4) is 0 Å². The highest BCUT2D eigenvalue weighted by Crippen LogP contribution is 2.30. The smallest absolute Gasteiger partial charge is 0.219 e. The van der Waals surface area contributed by atoms with Gasteiger partial charge in [0.1, 0.15) is 5.82 Å². The summed E-state index contributed by atoms with van der Waals surface area (Å²) in [5.74, 6) is 0.948. The molecule has 0 atom stereocenters. The lowest BCUT2D eigenvalue weighted by Crippen LogP contribution is -2.44. The largest absolute Gasteiger partial charge is 0.355 e. The van der Waals surface area contributed by atoms with Crippen LogP contribution in [0.25, 0.3) is 16.8 Å². The average Bonchev–Trinajstić information content (AvgIpc) is 2.82. The van der Waals surface area contributed by atoms with Gasteiger partial charge in [-0.25, -0.2) is 4.98 Å². The zero-order valence-corrected chi connectivity index (χ0v) is 19.7. The summed E-state index contributed by atoms with van der Waals surface area (Å²) in [5, 5.41) is 3.66. The number of aromatic nitrogens is 3. The van der Waals surface area contributed by atoms with Gasteiger partial charge in [-0.15, -0.1) is 0 Å².